The largest absolute Gasteiger partial charge is 0.375 e. The fourth-order valence-electron chi connectivity index (χ4n) is 4.79. The highest BCUT2D eigenvalue weighted by molar-refractivity contribution is 5.86. The summed E-state index contributed by atoms with van der Waals surface area (Å²) in [4.78, 5) is 29.8. The molecule has 2 fully saturated rings. The zero-order valence-corrected chi connectivity index (χ0v) is 17.7. The van der Waals surface area contributed by atoms with Crippen LogP contribution in [-0.4, -0.2) is 61.5 Å². The third-order valence-electron chi connectivity index (χ3n) is 6.42. The molecule has 2 heterocycles. The van der Waals surface area contributed by atoms with Crippen LogP contribution in [0.4, 0.5) is 0 Å². The van der Waals surface area contributed by atoms with Crippen molar-refractivity contribution in [3.63, 3.8) is 0 Å². The maximum Gasteiger partial charge on any atom is 0.248 e. The maximum atomic E-state index is 13.5. The summed E-state index contributed by atoms with van der Waals surface area (Å²) in [6.07, 6.45) is 3.51. The molecule has 158 valence electrons. The van der Waals surface area contributed by atoms with Gasteiger partial charge in [-0.05, 0) is 42.4 Å². The molecule has 2 aromatic rings. The highest BCUT2D eigenvalue weighted by atomic mass is 16.5. The molecule has 0 aromatic heterocycles. The zero-order valence-electron chi connectivity index (χ0n) is 17.7. The molecule has 0 saturated carbocycles. The van der Waals surface area contributed by atoms with Crippen LogP contribution in [0.1, 0.15) is 24.8 Å². The van der Waals surface area contributed by atoms with Gasteiger partial charge in [0.1, 0.15) is 6.61 Å². The molecule has 2 amide bonds. The summed E-state index contributed by atoms with van der Waals surface area (Å²) < 4.78 is 5.03. The average molecular weight is 407 g/mol. The van der Waals surface area contributed by atoms with Crippen LogP contribution in [0.5, 0.6) is 0 Å². The molecular formula is C25H30N2O3. The number of ether oxygens (including phenoxy) is 1. The smallest absolute Gasteiger partial charge is 0.248 e. The Balaban J connectivity index is 1.56. The number of nitrogens with zero attached hydrogens (tertiary/aromatic N) is 2. The highest BCUT2D eigenvalue weighted by Gasteiger charge is 2.48. The monoisotopic (exact) mass is 406 g/mol. The van der Waals surface area contributed by atoms with Crippen molar-refractivity contribution in [1.82, 2.24) is 9.80 Å². The lowest BCUT2D eigenvalue weighted by molar-refractivity contribution is -0.141. The van der Waals surface area contributed by atoms with Gasteiger partial charge in [-0.25, -0.2) is 0 Å². The summed E-state index contributed by atoms with van der Waals surface area (Å²) in [5.74, 6) is 0.174. The normalized spacial score (nSPS) is 21.2. The van der Waals surface area contributed by atoms with Gasteiger partial charge in [-0.2, -0.15) is 0 Å². The lowest BCUT2D eigenvalue weighted by Crippen LogP contribution is -2.46. The minimum Gasteiger partial charge on any atom is -0.375 e. The van der Waals surface area contributed by atoms with Crippen LogP contribution in [-0.2, 0) is 20.7 Å². The van der Waals surface area contributed by atoms with Crippen molar-refractivity contribution >= 4 is 11.8 Å². The number of carbonyl (C=O) groups is 2. The summed E-state index contributed by atoms with van der Waals surface area (Å²) in [5.41, 5.74) is 2.96. The molecule has 0 radical (unpaired) electrons. The Kier molecular flexibility index (Phi) is 6.18. The van der Waals surface area contributed by atoms with Gasteiger partial charge in [-0.15, -0.1) is 0 Å². The Bertz CT molecular complexity index is 875. The molecule has 30 heavy (non-hydrogen) atoms. The number of likely N-dealkylation sites (tertiary alicyclic amines) is 2. The van der Waals surface area contributed by atoms with Crippen LogP contribution in [0, 0.1) is 5.41 Å². The molecule has 0 aliphatic carbocycles. The lowest BCUT2D eigenvalue weighted by Gasteiger charge is -2.32. The molecule has 0 unspecified atom stereocenters. The Hall–Kier alpha value is -2.66. The molecule has 0 N–H and O–H groups in total. The molecule has 2 aromatic carbocycles. The van der Waals surface area contributed by atoms with Crippen LogP contribution in [0.25, 0.3) is 11.1 Å². The van der Waals surface area contributed by atoms with E-state index in [-0.39, 0.29) is 18.4 Å². The first-order valence-electron chi connectivity index (χ1n) is 10.8. The van der Waals surface area contributed by atoms with E-state index >= 15 is 0 Å². The van der Waals surface area contributed by atoms with Crippen molar-refractivity contribution < 1.29 is 14.3 Å². The van der Waals surface area contributed by atoms with E-state index in [1.807, 2.05) is 23.1 Å². The van der Waals surface area contributed by atoms with E-state index in [1.54, 1.807) is 4.90 Å². The van der Waals surface area contributed by atoms with Crippen LogP contribution in [0.15, 0.2) is 54.6 Å². The molecule has 5 heteroatoms. The van der Waals surface area contributed by atoms with Gasteiger partial charge in [-0.1, -0.05) is 54.6 Å². The number of carbonyl (C=O) groups excluding carboxylic acids is 2. The molecule has 2 aliphatic heterocycles. The molecule has 2 aliphatic rings. The van der Waals surface area contributed by atoms with Gasteiger partial charge < -0.3 is 14.5 Å². The molecule has 5 nitrogen and oxygen atoms in total. The van der Waals surface area contributed by atoms with Crippen molar-refractivity contribution in [1.29, 1.82) is 0 Å². The second kappa shape index (κ2) is 9.00. The third-order valence-corrected chi connectivity index (χ3v) is 6.42. The van der Waals surface area contributed by atoms with Crippen LogP contribution in [0.2, 0.25) is 0 Å². The van der Waals surface area contributed by atoms with Crippen LogP contribution < -0.4 is 0 Å². The summed E-state index contributed by atoms with van der Waals surface area (Å²) in [6, 6.07) is 18.8. The lowest BCUT2D eigenvalue weighted by atomic mass is 9.79. The molecule has 0 bridgehead atoms. The minimum atomic E-state index is -0.540. The molecule has 4 rings (SSSR count). The Morgan fingerprint density at radius 2 is 1.57 bits per heavy atom. The van der Waals surface area contributed by atoms with Gasteiger partial charge in [-0.3, -0.25) is 9.59 Å². The van der Waals surface area contributed by atoms with E-state index in [9.17, 15) is 9.59 Å². The minimum absolute atomic E-state index is 0.0342. The Morgan fingerprint density at radius 3 is 2.23 bits per heavy atom. The SMILES string of the molecule is COCC(=O)N1CC[C@@](Cc2ccc(-c3ccccc3)cc2)(C(=O)N2CCCC2)C1. The standard InChI is InChI=1S/C25H30N2O3/c1-30-18-23(28)27-16-13-25(19-27,24(29)26-14-5-6-15-26)17-20-9-11-22(12-10-20)21-7-3-2-4-8-21/h2-4,7-12H,5-6,13-19H2,1H3/t25-/m0/s1. The Morgan fingerprint density at radius 1 is 0.900 bits per heavy atom. The summed E-state index contributed by atoms with van der Waals surface area (Å²) in [6.45, 7) is 2.83. The Labute approximate surface area is 178 Å². The number of hydrogen-bond donors (Lipinski definition) is 0. The topological polar surface area (TPSA) is 49.9 Å². The number of benzene rings is 2. The quantitative estimate of drug-likeness (QED) is 0.739. The third kappa shape index (κ3) is 4.26. The van der Waals surface area contributed by atoms with E-state index in [2.05, 4.69) is 36.4 Å². The van der Waals surface area contributed by atoms with Crippen molar-refractivity contribution in [3.05, 3.63) is 60.2 Å². The number of methoxy groups -OCH3 is 1. The van der Waals surface area contributed by atoms with Gasteiger partial charge in [0.05, 0.1) is 5.41 Å². The van der Waals surface area contributed by atoms with E-state index < -0.39 is 5.41 Å². The van der Waals surface area contributed by atoms with Crippen molar-refractivity contribution in [2.75, 3.05) is 39.9 Å². The number of amides is 2. The first-order valence-corrected chi connectivity index (χ1v) is 10.8. The first kappa shape index (κ1) is 20.6. The van der Waals surface area contributed by atoms with Crippen molar-refractivity contribution in [3.8, 4) is 11.1 Å². The van der Waals surface area contributed by atoms with Crippen molar-refractivity contribution in [2.45, 2.75) is 25.7 Å². The predicted octanol–water partition coefficient (Wildman–Crippen LogP) is 3.38. The van der Waals surface area contributed by atoms with Gasteiger partial charge in [0.15, 0.2) is 0 Å². The van der Waals surface area contributed by atoms with Gasteiger partial charge in [0, 0.05) is 33.3 Å². The fourth-order valence-corrected chi connectivity index (χ4v) is 4.79. The molecule has 1 atom stereocenters. The summed E-state index contributed by atoms with van der Waals surface area (Å²) in [7, 11) is 1.53. The molecular weight excluding hydrogens is 376 g/mol. The van der Waals surface area contributed by atoms with Gasteiger partial charge in [0.25, 0.3) is 0 Å². The van der Waals surface area contributed by atoms with E-state index in [0.29, 0.717) is 25.9 Å². The van der Waals surface area contributed by atoms with E-state index in [4.69, 9.17) is 4.74 Å². The fraction of sp³-hybridized carbons (Fsp3) is 0.440. The average Bonchev–Trinajstić information content (AvgIpc) is 3.46. The van der Waals surface area contributed by atoms with E-state index in [0.717, 1.165) is 31.5 Å². The zero-order chi connectivity index (χ0) is 21.0. The van der Waals surface area contributed by atoms with Gasteiger partial charge in [0.2, 0.25) is 11.8 Å². The highest BCUT2D eigenvalue weighted by Crippen LogP contribution is 2.37. The van der Waals surface area contributed by atoms with Crippen LogP contribution in [0.3, 0.4) is 0 Å². The summed E-state index contributed by atoms with van der Waals surface area (Å²) in [5, 5.41) is 0. The predicted molar refractivity (Wildman–Crippen MR) is 117 cm³/mol. The number of rotatable bonds is 6. The molecule has 2 saturated heterocycles. The second-order valence-corrected chi connectivity index (χ2v) is 8.52. The maximum absolute atomic E-state index is 13.5. The first-order chi connectivity index (χ1) is 14.6. The van der Waals surface area contributed by atoms with Crippen molar-refractivity contribution in [2.24, 2.45) is 5.41 Å². The molecule has 0 spiro atoms. The van der Waals surface area contributed by atoms with E-state index in [1.165, 1.54) is 18.2 Å². The van der Waals surface area contributed by atoms with Gasteiger partial charge >= 0.3 is 0 Å². The number of hydrogen-bond acceptors (Lipinski definition) is 3. The second-order valence-electron chi connectivity index (χ2n) is 8.52. The van der Waals surface area contributed by atoms with Crippen LogP contribution >= 0.6 is 0 Å². The summed E-state index contributed by atoms with van der Waals surface area (Å²) >= 11 is 0.